The number of rotatable bonds is 4. The number of hydrogen-bond acceptors (Lipinski definition) is 4. The number of phenols is 4. The summed E-state index contributed by atoms with van der Waals surface area (Å²) >= 11 is 6.95. The predicted octanol–water partition coefficient (Wildman–Crippen LogP) is 13.8. The molecule has 8 aromatic rings. The highest BCUT2D eigenvalue weighted by Gasteiger charge is 2.18. The van der Waals surface area contributed by atoms with Crippen LogP contribution in [0.25, 0.3) is 77.5 Å². The second-order valence-electron chi connectivity index (χ2n) is 11.9. The van der Waals surface area contributed by atoms with E-state index in [1.54, 1.807) is 36.4 Å². The summed E-state index contributed by atoms with van der Waals surface area (Å²) in [4.78, 5) is 0. The van der Waals surface area contributed by atoms with Crippen molar-refractivity contribution in [1.29, 1.82) is 0 Å². The fourth-order valence-corrected chi connectivity index (χ4v) is 7.31. The van der Waals surface area contributed by atoms with E-state index >= 15 is 0 Å². The zero-order chi connectivity index (χ0) is 37.1. The number of hydrogen-bond donors (Lipinski definition) is 4. The first-order chi connectivity index (χ1) is 25.2. The molecule has 0 radical (unpaired) electrons. The first kappa shape index (κ1) is 36.0. The molecule has 4 nitrogen and oxygen atoms in total. The maximum Gasteiger partial charge on any atom is 0.124 e. The molecule has 0 amide bonds. The molecule has 0 saturated carbocycles. The molecule has 0 bridgehead atoms. The van der Waals surface area contributed by atoms with Gasteiger partial charge in [0.2, 0.25) is 0 Å². The van der Waals surface area contributed by atoms with Crippen molar-refractivity contribution in [3.63, 3.8) is 0 Å². The largest absolute Gasteiger partial charge is 0.507 e. The molecule has 0 aliphatic rings. The van der Waals surface area contributed by atoms with Crippen molar-refractivity contribution in [3.8, 4) is 45.3 Å². The second kappa shape index (κ2) is 15.2. The summed E-state index contributed by atoms with van der Waals surface area (Å²) in [6, 6.07) is 37.8. The fraction of sp³-hybridized carbons (Fsp3) is 0. The molecule has 0 spiro atoms. The second-order valence-corrected chi connectivity index (χ2v) is 13.8. The lowest BCUT2D eigenvalue weighted by atomic mass is 9.91. The highest BCUT2D eigenvalue weighted by atomic mass is 79.9. The third-order valence-electron chi connectivity index (χ3n) is 8.93. The van der Waals surface area contributed by atoms with E-state index in [0.717, 1.165) is 63.2 Å². The van der Waals surface area contributed by atoms with Gasteiger partial charge in [-0.1, -0.05) is 118 Å². The molecule has 52 heavy (non-hydrogen) atoms. The van der Waals surface area contributed by atoms with E-state index in [1.165, 1.54) is 0 Å². The van der Waals surface area contributed by atoms with Gasteiger partial charge in [0, 0.05) is 31.2 Å². The molecule has 0 saturated heterocycles. The highest BCUT2D eigenvalue weighted by molar-refractivity contribution is 9.10. The minimum atomic E-state index is 0.138. The zero-order valence-corrected chi connectivity index (χ0v) is 31.2. The predicted molar refractivity (Wildman–Crippen MR) is 227 cm³/mol. The monoisotopic (exact) mass is 808 g/mol. The van der Waals surface area contributed by atoms with E-state index in [2.05, 4.69) is 58.2 Å². The number of benzene rings is 8. The summed E-state index contributed by atoms with van der Waals surface area (Å²) in [5.41, 5.74) is 4.56. The van der Waals surface area contributed by atoms with Gasteiger partial charge in [0.25, 0.3) is 0 Å². The molecule has 0 unspecified atom stereocenters. The van der Waals surface area contributed by atoms with E-state index in [1.807, 2.05) is 97.1 Å². The Kier molecular flexibility index (Phi) is 10.5. The van der Waals surface area contributed by atoms with Gasteiger partial charge in [-0.3, -0.25) is 0 Å². The Morgan fingerprint density at radius 1 is 0.365 bits per heavy atom. The van der Waals surface area contributed by atoms with Gasteiger partial charge in [0.05, 0.1) is 0 Å². The number of halogens is 2. The molecule has 0 aromatic heterocycles. The number of aromatic hydroxyl groups is 4. The fourth-order valence-electron chi connectivity index (χ4n) is 6.56. The van der Waals surface area contributed by atoms with Crippen molar-refractivity contribution < 1.29 is 20.4 Å². The van der Waals surface area contributed by atoms with Crippen LogP contribution in [0.2, 0.25) is 0 Å². The van der Waals surface area contributed by atoms with E-state index in [-0.39, 0.29) is 23.0 Å². The first-order valence-corrected chi connectivity index (χ1v) is 17.8. The average Bonchev–Trinajstić information content (AvgIpc) is 3.16. The molecule has 0 heterocycles. The topological polar surface area (TPSA) is 80.9 Å². The van der Waals surface area contributed by atoms with E-state index in [0.29, 0.717) is 22.3 Å². The lowest BCUT2D eigenvalue weighted by Gasteiger charge is -2.15. The molecule has 256 valence electrons. The van der Waals surface area contributed by atoms with Crippen molar-refractivity contribution in [2.75, 3.05) is 0 Å². The van der Waals surface area contributed by atoms with Crippen LogP contribution in [0.1, 0.15) is 11.1 Å². The molecule has 8 rings (SSSR count). The summed E-state index contributed by atoms with van der Waals surface area (Å²) in [7, 11) is 0. The van der Waals surface area contributed by atoms with Crippen LogP contribution >= 0.6 is 31.9 Å². The zero-order valence-electron chi connectivity index (χ0n) is 28.1. The van der Waals surface area contributed by atoms with Crippen molar-refractivity contribution in [2.24, 2.45) is 0 Å². The standard InChI is InChI=1S/C24H18O2.C20H12Br2O2.C2H4/c1-3-15-5-9-19-17(13-15)7-11-21(25)23(19)24-20-10-6-16(4-2)14-18(20)8-12-22(24)26;21-13-3-5-15-11(9-13)1-7-17(23)19(15)20-16-6-4-14(22)10-12(16)2-8-18(20)24;1-2/h3-14,25-26H,1-2H2;1-10,23-24H;1-2H2. The van der Waals surface area contributed by atoms with Crippen molar-refractivity contribution in [3.05, 3.63) is 168 Å². The Hall–Kier alpha value is -5.82. The summed E-state index contributed by atoms with van der Waals surface area (Å²) in [5, 5.41) is 49.8. The Morgan fingerprint density at radius 2 is 0.635 bits per heavy atom. The summed E-state index contributed by atoms with van der Waals surface area (Å²) in [6.45, 7) is 13.6. The van der Waals surface area contributed by atoms with Gasteiger partial charge in [-0.2, -0.15) is 0 Å². The van der Waals surface area contributed by atoms with Crippen molar-refractivity contribution >= 4 is 87.1 Å². The molecule has 0 fully saturated rings. The smallest absolute Gasteiger partial charge is 0.124 e. The van der Waals surface area contributed by atoms with E-state index in [4.69, 9.17) is 0 Å². The molecular formula is C46H34Br2O4. The van der Waals surface area contributed by atoms with Gasteiger partial charge in [0.15, 0.2) is 0 Å². The summed E-state index contributed by atoms with van der Waals surface area (Å²) in [5.74, 6) is 0.574. The van der Waals surface area contributed by atoms with Gasteiger partial charge >= 0.3 is 0 Å². The molecular weight excluding hydrogens is 776 g/mol. The Labute approximate surface area is 318 Å². The third-order valence-corrected chi connectivity index (χ3v) is 9.92. The van der Waals surface area contributed by atoms with Crippen LogP contribution in [0.4, 0.5) is 0 Å². The van der Waals surface area contributed by atoms with Crippen LogP contribution in [-0.2, 0) is 0 Å². The molecule has 0 aliphatic heterocycles. The Balaban J connectivity index is 0.000000171. The molecule has 6 heteroatoms. The van der Waals surface area contributed by atoms with E-state index in [9.17, 15) is 20.4 Å². The molecule has 8 aromatic carbocycles. The first-order valence-electron chi connectivity index (χ1n) is 16.3. The number of fused-ring (bicyclic) bond motifs is 4. The minimum Gasteiger partial charge on any atom is -0.507 e. The average molecular weight is 811 g/mol. The van der Waals surface area contributed by atoms with E-state index < -0.39 is 0 Å². The lowest BCUT2D eigenvalue weighted by molar-refractivity contribution is 0.470. The maximum atomic E-state index is 10.6. The molecule has 0 atom stereocenters. The van der Waals surface area contributed by atoms with Gasteiger partial charge in [0.1, 0.15) is 23.0 Å². The Morgan fingerprint density at radius 3 is 0.923 bits per heavy atom. The normalized spacial score (nSPS) is 10.7. The maximum absolute atomic E-state index is 10.6. The number of phenolic OH excluding ortho intramolecular Hbond substituents is 4. The van der Waals surface area contributed by atoms with Gasteiger partial charge in [-0.25, -0.2) is 0 Å². The quantitative estimate of drug-likeness (QED) is 0.134. The molecule has 4 N–H and O–H groups in total. The summed E-state index contributed by atoms with van der Waals surface area (Å²) in [6.07, 6.45) is 3.58. The van der Waals surface area contributed by atoms with Crippen LogP contribution in [0.5, 0.6) is 23.0 Å². The molecule has 0 aliphatic carbocycles. The third kappa shape index (κ3) is 6.79. The SMILES string of the molecule is C=C.C=Cc1ccc2c(-c3c(O)ccc4cc(C=C)ccc34)c(O)ccc2c1.Oc1ccc2cc(Br)ccc2c1-c1c(O)ccc2cc(Br)ccc12. The van der Waals surface area contributed by atoms with Crippen LogP contribution in [-0.4, -0.2) is 20.4 Å². The summed E-state index contributed by atoms with van der Waals surface area (Å²) < 4.78 is 1.94. The van der Waals surface area contributed by atoms with Crippen molar-refractivity contribution in [1.82, 2.24) is 0 Å². The lowest BCUT2D eigenvalue weighted by Crippen LogP contribution is -1.88. The van der Waals surface area contributed by atoms with Crippen LogP contribution in [0, 0.1) is 0 Å². The highest BCUT2D eigenvalue weighted by Crippen LogP contribution is 2.46. The van der Waals surface area contributed by atoms with Crippen LogP contribution in [0.3, 0.4) is 0 Å². The van der Waals surface area contributed by atoms with Gasteiger partial charge in [-0.05, 0) is 115 Å². The van der Waals surface area contributed by atoms with Crippen molar-refractivity contribution in [2.45, 2.75) is 0 Å². The van der Waals surface area contributed by atoms with Gasteiger partial charge < -0.3 is 20.4 Å². The van der Waals surface area contributed by atoms with Crippen LogP contribution < -0.4 is 0 Å². The van der Waals surface area contributed by atoms with Crippen LogP contribution in [0.15, 0.2) is 157 Å². The Bertz CT molecular complexity index is 2490. The minimum absolute atomic E-state index is 0.138. The van der Waals surface area contributed by atoms with Gasteiger partial charge in [-0.15, -0.1) is 13.2 Å².